The molecule has 202 valence electrons. The fourth-order valence-electron chi connectivity index (χ4n) is 4.96. The molecule has 0 aliphatic carbocycles. The van der Waals surface area contributed by atoms with Crippen LogP contribution in [0.4, 0.5) is 0 Å². The molecule has 0 fully saturated rings. The second-order valence-corrected chi connectivity index (χ2v) is 10.3. The highest BCUT2D eigenvalue weighted by atomic mass is 35.5. The van der Waals surface area contributed by atoms with Crippen LogP contribution in [0.15, 0.2) is 48.7 Å². The number of carboxylic acid groups (broad SMARTS) is 1. The van der Waals surface area contributed by atoms with Gasteiger partial charge >= 0.3 is 5.97 Å². The quantitative estimate of drug-likeness (QED) is 0.285. The van der Waals surface area contributed by atoms with E-state index in [0.29, 0.717) is 23.9 Å². The predicted molar refractivity (Wildman–Crippen MR) is 151 cm³/mol. The zero-order chi connectivity index (χ0) is 27.2. The Morgan fingerprint density at radius 3 is 2.66 bits per heavy atom. The lowest BCUT2D eigenvalue weighted by Crippen LogP contribution is -2.23. The number of nitrogens with zero attached hydrogens (tertiary/aromatic N) is 2. The average Bonchev–Trinajstić information content (AvgIpc) is 2.92. The molecular weight excluding hydrogens is 500 g/mol. The Labute approximate surface area is 230 Å². The Balaban J connectivity index is 1.67. The molecule has 0 radical (unpaired) electrons. The van der Waals surface area contributed by atoms with E-state index in [4.69, 9.17) is 21.1 Å². The van der Waals surface area contributed by atoms with Crippen LogP contribution >= 0.6 is 11.6 Å². The second-order valence-electron chi connectivity index (χ2n) is 9.84. The third-order valence-corrected chi connectivity index (χ3v) is 7.54. The highest BCUT2D eigenvalue weighted by Gasteiger charge is 2.24. The maximum Gasteiger partial charge on any atom is 0.306 e. The molecule has 0 amide bonds. The third-order valence-electron chi connectivity index (χ3n) is 7.24. The Morgan fingerprint density at radius 1 is 1.16 bits per heavy atom. The van der Waals surface area contributed by atoms with Crippen LogP contribution in [0.1, 0.15) is 62.5 Å². The van der Waals surface area contributed by atoms with Gasteiger partial charge in [0, 0.05) is 18.2 Å². The van der Waals surface area contributed by atoms with E-state index in [0.717, 1.165) is 60.5 Å². The van der Waals surface area contributed by atoms with Crippen molar-refractivity contribution in [1.82, 2.24) is 9.88 Å². The third kappa shape index (κ3) is 6.48. The number of aromatic nitrogens is 1. The van der Waals surface area contributed by atoms with Crippen LogP contribution in [0.5, 0.6) is 11.6 Å². The molecule has 0 spiro atoms. The van der Waals surface area contributed by atoms with Gasteiger partial charge in [-0.1, -0.05) is 62.7 Å². The van der Waals surface area contributed by atoms with E-state index in [9.17, 15) is 9.90 Å². The number of fused-ring (bicyclic) bond motifs is 1. The first-order chi connectivity index (χ1) is 18.3. The lowest BCUT2D eigenvalue weighted by atomic mass is 9.91. The first-order valence-electron chi connectivity index (χ1n) is 13.5. The van der Waals surface area contributed by atoms with Gasteiger partial charge in [-0.3, -0.25) is 9.69 Å². The van der Waals surface area contributed by atoms with Crippen molar-refractivity contribution < 1.29 is 19.4 Å². The zero-order valence-corrected chi connectivity index (χ0v) is 23.4. The number of ether oxygens (including phenoxy) is 2. The zero-order valence-electron chi connectivity index (χ0n) is 22.7. The highest BCUT2D eigenvalue weighted by molar-refractivity contribution is 6.33. The van der Waals surface area contributed by atoms with Crippen molar-refractivity contribution in [1.29, 1.82) is 0 Å². The van der Waals surface area contributed by atoms with E-state index in [1.807, 2.05) is 25.1 Å². The van der Waals surface area contributed by atoms with Crippen molar-refractivity contribution in [2.45, 2.75) is 59.6 Å². The molecule has 4 rings (SSSR count). The summed E-state index contributed by atoms with van der Waals surface area (Å²) in [5.74, 6) is 0.185. The van der Waals surface area contributed by atoms with E-state index in [1.165, 1.54) is 11.1 Å². The smallest absolute Gasteiger partial charge is 0.306 e. The lowest BCUT2D eigenvalue weighted by molar-refractivity contribution is -0.141. The number of aliphatic carboxylic acids is 1. The monoisotopic (exact) mass is 536 g/mol. The van der Waals surface area contributed by atoms with E-state index in [-0.39, 0.29) is 6.10 Å². The van der Waals surface area contributed by atoms with E-state index in [2.05, 4.69) is 48.0 Å². The maximum absolute atomic E-state index is 11.3. The van der Waals surface area contributed by atoms with Crippen molar-refractivity contribution in [2.24, 2.45) is 5.92 Å². The number of rotatable bonds is 11. The number of hydrogen-bond donors (Lipinski definition) is 1. The fourth-order valence-corrected chi connectivity index (χ4v) is 5.17. The molecule has 1 N–H and O–H groups in total. The van der Waals surface area contributed by atoms with Gasteiger partial charge < -0.3 is 14.6 Å². The molecule has 2 unspecified atom stereocenters. The van der Waals surface area contributed by atoms with E-state index in [1.54, 1.807) is 13.1 Å². The van der Waals surface area contributed by atoms with Crippen LogP contribution in [0, 0.1) is 5.92 Å². The molecule has 0 bridgehead atoms. The number of benzene rings is 2. The van der Waals surface area contributed by atoms with Gasteiger partial charge in [0.25, 0.3) is 0 Å². The molecule has 3 aromatic rings. The summed E-state index contributed by atoms with van der Waals surface area (Å²) in [6.45, 7) is 11.2. The van der Waals surface area contributed by atoms with Gasteiger partial charge in [-0.05, 0) is 73.2 Å². The molecule has 2 heterocycles. The summed E-state index contributed by atoms with van der Waals surface area (Å²) < 4.78 is 12.2. The van der Waals surface area contributed by atoms with Crippen LogP contribution in [0.2, 0.25) is 5.02 Å². The number of aryl methyl sites for hydroxylation is 1. The van der Waals surface area contributed by atoms with Crippen molar-refractivity contribution in [3.8, 4) is 22.8 Å². The van der Waals surface area contributed by atoms with Crippen LogP contribution < -0.4 is 9.47 Å². The van der Waals surface area contributed by atoms with Gasteiger partial charge in [0.1, 0.15) is 11.9 Å². The molecule has 0 saturated heterocycles. The highest BCUT2D eigenvalue weighted by Crippen LogP contribution is 2.39. The Kier molecular flexibility index (Phi) is 9.29. The topological polar surface area (TPSA) is 71.9 Å². The fraction of sp³-hybridized carbons (Fsp3) is 0.419. The molecule has 6 nitrogen and oxygen atoms in total. The number of pyridine rings is 1. The van der Waals surface area contributed by atoms with Crippen molar-refractivity contribution in [3.63, 3.8) is 0 Å². The summed E-state index contributed by atoms with van der Waals surface area (Å²) in [6, 6.07) is 14.5. The van der Waals surface area contributed by atoms with E-state index >= 15 is 0 Å². The molecule has 38 heavy (non-hydrogen) atoms. The summed E-state index contributed by atoms with van der Waals surface area (Å²) in [4.78, 5) is 18.0. The van der Waals surface area contributed by atoms with Crippen LogP contribution in [0.25, 0.3) is 11.1 Å². The normalized spacial score (nSPS) is 15.6. The number of carbonyl (C=O) groups is 1. The van der Waals surface area contributed by atoms with Gasteiger partial charge in [0.2, 0.25) is 5.88 Å². The van der Waals surface area contributed by atoms with Crippen molar-refractivity contribution in [3.05, 3.63) is 75.9 Å². The molecule has 1 aliphatic heterocycles. The van der Waals surface area contributed by atoms with Crippen molar-refractivity contribution in [2.75, 3.05) is 19.7 Å². The first kappa shape index (κ1) is 27.9. The summed E-state index contributed by atoms with van der Waals surface area (Å²) in [6.07, 6.45) is 3.85. The Morgan fingerprint density at radius 2 is 1.95 bits per heavy atom. The van der Waals surface area contributed by atoms with Crippen LogP contribution in [-0.4, -0.2) is 40.7 Å². The largest absolute Gasteiger partial charge is 0.485 e. The molecular formula is C31H37ClN2O4. The van der Waals surface area contributed by atoms with Crippen LogP contribution in [0.3, 0.4) is 0 Å². The summed E-state index contributed by atoms with van der Waals surface area (Å²) in [5.41, 5.74) is 6.43. The maximum atomic E-state index is 11.3. The number of halogens is 1. The number of hydrogen-bond acceptors (Lipinski definition) is 5. The van der Waals surface area contributed by atoms with Gasteiger partial charge in [-0.2, -0.15) is 0 Å². The van der Waals surface area contributed by atoms with Gasteiger partial charge in [-0.15, -0.1) is 0 Å². The summed E-state index contributed by atoms with van der Waals surface area (Å²) >= 11 is 6.63. The minimum absolute atomic E-state index is 0.0777. The summed E-state index contributed by atoms with van der Waals surface area (Å²) in [5, 5.41) is 9.90. The number of carboxylic acids is 1. The van der Waals surface area contributed by atoms with Gasteiger partial charge in [-0.25, -0.2) is 4.98 Å². The van der Waals surface area contributed by atoms with Crippen molar-refractivity contribution >= 4 is 17.6 Å². The lowest BCUT2D eigenvalue weighted by Gasteiger charge is -2.28. The Hall–Kier alpha value is -3.09. The van der Waals surface area contributed by atoms with Gasteiger partial charge in [0.15, 0.2) is 0 Å². The minimum Gasteiger partial charge on any atom is -0.485 e. The molecule has 1 aliphatic rings. The SMILES string of the molecule is CCOc1cc(-c2ccc(C3CCc4ccc(CC(C)C(=O)O)cc4O3)cc2CN(CC)CC)c(Cl)cn1. The van der Waals surface area contributed by atoms with Gasteiger partial charge in [0.05, 0.1) is 23.7 Å². The van der Waals surface area contributed by atoms with Crippen LogP contribution in [-0.2, 0) is 24.2 Å². The molecule has 2 atom stereocenters. The molecule has 7 heteroatoms. The Bertz CT molecular complexity index is 1270. The average molecular weight is 537 g/mol. The molecule has 1 aromatic heterocycles. The standard InChI is InChI=1S/C31H37ClN2O4/c1-5-34(6-2)19-24-16-23(10-12-25(24)26-17-30(37-7-3)33-18-27(26)32)28-13-11-22-9-8-21(15-29(22)38-28)14-20(4)31(35)36/h8-10,12,15-18,20,28H,5-7,11,13-14,19H2,1-4H3,(H,35,36). The molecule has 0 saturated carbocycles. The van der Waals surface area contributed by atoms with E-state index < -0.39 is 11.9 Å². The second kappa shape index (κ2) is 12.6. The minimum atomic E-state index is -0.787. The molecule has 2 aromatic carbocycles. The predicted octanol–water partition coefficient (Wildman–Crippen LogP) is 6.97. The summed E-state index contributed by atoms with van der Waals surface area (Å²) in [7, 11) is 0. The first-order valence-corrected chi connectivity index (χ1v) is 13.9.